The molecule has 0 radical (unpaired) electrons. The molecule has 0 aliphatic rings. The van der Waals surface area contributed by atoms with Crippen LogP contribution in [0.4, 0.5) is 8.78 Å². The molecule has 0 aliphatic carbocycles. The van der Waals surface area contributed by atoms with E-state index in [2.05, 4.69) is 20.9 Å². The molecule has 0 N–H and O–H groups in total. The maximum atomic E-state index is 11.8. The summed E-state index contributed by atoms with van der Waals surface area (Å²) in [5.41, 5.74) is 1.21. The van der Waals surface area contributed by atoms with Gasteiger partial charge in [-0.2, -0.15) is 0 Å². The highest BCUT2D eigenvalue weighted by molar-refractivity contribution is 9.11. The summed E-state index contributed by atoms with van der Waals surface area (Å²) in [7, 11) is 0. The zero-order chi connectivity index (χ0) is 6.85. The molecule has 1 rings (SSSR count). The van der Waals surface area contributed by atoms with Crippen molar-refractivity contribution in [2.45, 2.75) is 6.43 Å². The first-order chi connectivity index (χ1) is 4.22. The van der Waals surface area contributed by atoms with Gasteiger partial charge in [-0.3, -0.25) is 0 Å². The summed E-state index contributed by atoms with van der Waals surface area (Å²) in [6.45, 7) is 0. The number of hydrogen-bond acceptors (Lipinski definition) is 2. The van der Waals surface area contributed by atoms with Gasteiger partial charge in [-0.25, -0.2) is 13.8 Å². The van der Waals surface area contributed by atoms with E-state index >= 15 is 0 Å². The van der Waals surface area contributed by atoms with Crippen LogP contribution in [-0.4, -0.2) is 4.98 Å². The lowest BCUT2D eigenvalue weighted by molar-refractivity contribution is 0.146. The predicted octanol–water partition coefficient (Wildman–Crippen LogP) is 2.84. The zero-order valence-electron chi connectivity index (χ0n) is 4.14. The quantitative estimate of drug-likeness (QED) is 0.700. The minimum atomic E-state index is -2.47. The fourth-order valence-electron chi connectivity index (χ4n) is 0.383. The fraction of sp³-hybridized carbons (Fsp3) is 0.250. The molecule has 0 spiro atoms. The Morgan fingerprint density at radius 1 is 1.67 bits per heavy atom. The van der Waals surface area contributed by atoms with Crippen molar-refractivity contribution in [3.05, 3.63) is 15.0 Å². The zero-order valence-corrected chi connectivity index (χ0v) is 6.55. The van der Waals surface area contributed by atoms with Crippen LogP contribution in [0.5, 0.6) is 0 Å². The van der Waals surface area contributed by atoms with E-state index in [9.17, 15) is 8.78 Å². The van der Waals surface area contributed by atoms with E-state index in [1.165, 1.54) is 5.51 Å². The van der Waals surface area contributed by atoms with Gasteiger partial charge in [0.25, 0.3) is 6.43 Å². The average molecular weight is 214 g/mol. The number of hydrogen-bond donors (Lipinski definition) is 0. The van der Waals surface area contributed by atoms with E-state index in [-0.39, 0.29) is 5.69 Å². The molecule has 0 amide bonds. The van der Waals surface area contributed by atoms with Gasteiger partial charge in [-0.05, 0) is 15.9 Å². The number of thiazole rings is 1. The third-order valence-corrected chi connectivity index (χ3v) is 2.35. The van der Waals surface area contributed by atoms with Gasteiger partial charge in [0.15, 0.2) is 0 Å². The summed E-state index contributed by atoms with van der Waals surface area (Å²) in [4.78, 5) is 3.44. The fourth-order valence-corrected chi connectivity index (χ4v) is 1.43. The predicted molar refractivity (Wildman–Crippen MR) is 34.8 cm³/mol. The van der Waals surface area contributed by atoms with Crippen molar-refractivity contribution in [1.82, 2.24) is 4.98 Å². The third-order valence-electron chi connectivity index (χ3n) is 0.756. The van der Waals surface area contributed by atoms with Crippen LogP contribution in [0.15, 0.2) is 9.30 Å². The summed E-state index contributed by atoms with van der Waals surface area (Å²) in [6, 6.07) is 0. The Hall–Kier alpha value is -0.0300. The first kappa shape index (κ1) is 7.08. The lowest BCUT2D eigenvalue weighted by Gasteiger charge is -1.90. The van der Waals surface area contributed by atoms with Gasteiger partial charge in [-0.1, -0.05) is 0 Å². The van der Waals surface area contributed by atoms with Crippen LogP contribution in [0.25, 0.3) is 0 Å². The Bertz CT molecular complexity index is 200. The third kappa shape index (κ3) is 1.46. The molecule has 9 heavy (non-hydrogen) atoms. The van der Waals surface area contributed by atoms with Gasteiger partial charge in [0.1, 0.15) is 5.69 Å². The molecular formula is C4H2BrF2NS. The Labute approximate surface area is 62.9 Å². The number of aromatic nitrogens is 1. The van der Waals surface area contributed by atoms with E-state index in [0.717, 1.165) is 11.3 Å². The van der Waals surface area contributed by atoms with Crippen LogP contribution in [0.2, 0.25) is 0 Å². The summed E-state index contributed by atoms with van der Waals surface area (Å²) < 4.78 is 24.0. The van der Waals surface area contributed by atoms with E-state index in [0.29, 0.717) is 3.79 Å². The highest BCUT2D eigenvalue weighted by Gasteiger charge is 2.13. The van der Waals surface area contributed by atoms with Crippen molar-refractivity contribution in [1.29, 1.82) is 0 Å². The van der Waals surface area contributed by atoms with Gasteiger partial charge in [0.2, 0.25) is 0 Å². The second-order valence-electron chi connectivity index (χ2n) is 1.31. The Morgan fingerprint density at radius 2 is 2.33 bits per heavy atom. The maximum Gasteiger partial charge on any atom is 0.282 e. The molecule has 0 atom stereocenters. The number of rotatable bonds is 1. The average Bonchev–Trinajstić information content (AvgIpc) is 2.13. The SMILES string of the molecule is FC(F)c1ncsc1Br. The maximum absolute atomic E-state index is 11.8. The summed E-state index contributed by atoms with van der Waals surface area (Å²) >= 11 is 4.10. The van der Waals surface area contributed by atoms with E-state index < -0.39 is 6.43 Å². The highest BCUT2D eigenvalue weighted by Crippen LogP contribution is 2.28. The molecule has 1 aromatic heterocycles. The van der Waals surface area contributed by atoms with Gasteiger partial charge in [0, 0.05) is 0 Å². The number of halogens is 3. The minimum absolute atomic E-state index is 0.167. The lowest BCUT2D eigenvalue weighted by Crippen LogP contribution is -1.82. The minimum Gasteiger partial charge on any atom is -0.242 e. The molecule has 0 bridgehead atoms. The second kappa shape index (κ2) is 2.70. The molecule has 0 aliphatic heterocycles. The van der Waals surface area contributed by atoms with Crippen molar-refractivity contribution >= 4 is 27.3 Å². The smallest absolute Gasteiger partial charge is 0.242 e. The second-order valence-corrected chi connectivity index (χ2v) is 3.48. The van der Waals surface area contributed by atoms with Gasteiger partial charge >= 0.3 is 0 Å². The normalized spacial score (nSPS) is 10.7. The van der Waals surface area contributed by atoms with Gasteiger partial charge < -0.3 is 0 Å². The number of nitrogens with zero attached hydrogens (tertiary/aromatic N) is 1. The molecule has 5 heteroatoms. The molecule has 0 saturated heterocycles. The van der Waals surface area contributed by atoms with Crippen molar-refractivity contribution in [2.24, 2.45) is 0 Å². The van der Waals surface area contributed by atoms with E-state index in [1.807, 2.05) is 0 Å². The lowest BCUT2D eigenvalue weighted by atomic mass is 10.5. The van der Waals surface area contributed by atoms with Gasteiger partial charge in [-0.15, -0.1) is 11.3 Å². The van der Waals surface area contributed by atoms with E-state index in [4.69, 9.17) is 0 Å². The monoisotopic (exact) mass is 213 g/mol. The molecule has 0 unspecified atom stereocenters. The van der Waals surface area contributed by atoms with Crippen LogP contribution in [0.3, 0.4) is 0 Å². The summed E-state index contributed by atoms with van der Waals surface area (Å²) in [5.74, 6) is 0. The molecular weight excluding hydrogens is 212 g/mol. The Morgan fingerprint density at radius 3 is 2.56 bits per heavy atom. The van der Waals surface area contributed by atoms with Crippen molar-refractivity contribution < 1.29 is 8.78 Å². The van der Waals surface area contributed by atoms with Crippen LogP contribution < -0.4 is 0 Å². The summed E-state index contributed by atoms with van der Waals surface area (Å²) in [5, 5.41) is 0. The number of alkyl halides is 2. The molecule has 1 nitrogen and oxygen atoms in total. The molecule has 50 valence electrons. The van der Waals surface area contributed by atoms with Crippen molar-refractivity contribution in [3.8, 4) is 0 Å². The Kier molecular flexibility index (Phi) is 2.13. The molecule has 1 aromatic rings. The highest BCUT2D eigenvalue weighted by atomic mass is 79.9. The van der Waals surface area contributed by atoms with Crippen molar-refractivity contribution in [2.75, 3.05) is 0 Å². The molecule has 0 fully saturated rings. The summed E-state index contributed by atoms with van der Waals surface area (Å²) in [6.07, 6.45) is -2.47. The van der Waals surface area contributed by atoms with Crippen molar-refractivity contribution in [3.63, 3.8) is 0 Å². The van der Waals surface area contributed by atoms with Crippen LogP contribution in [0, 0.1) is 0 Å². The largest absolute Gasteiger partial charge is 0.282 e. The molecule has 0 saturated carbocycles. The Balaban J connectivity index is 2.94. The first-order valence-corrected chi connectivity index (χ1v) is 3.76. The molecule has 1 heterocycles. The first-order valence-electron chi connectivity index (χ1n) is 2.09. The molecule has 0 aromatic carbocycles. The topological polar surface area (TPSA) is 12.9 Å². The van der Waals surface area contributed by atoms with Crippen LogP contribution in [-0.2, 0) is 0 Å². The van der Waals surface area contributed by atoms with Gasteiger partial charge in [0.05, 0.1) is 9.30 Å². The van der Waals surface area contributed by atoms with E-state index in [1.54, 1.807) is 0 Å². The van der Waals surface area contributed by atoms with Crippen LogP contribution >= 0.6 is 27.3 Å². The standard InChI is InChI=1S/C4H2BrF2NS/c5-3-2(4(6)7)8-1-9-3/h1,4H. The van der Waals surface area contributed by atoms with Crippen LogP contribution in [0.1, 0.15) is 12.1 Å².